The van der Waals surface area contributed by atoms with E-state index in [0.29, 0.717) is 19.2 Å². The van der Waals surface area contributed by atoms with Crippen LogP contribution in [0.3, 0.4) is 0 Å². The molecular formula is C19H34N4O. The summed E-state index contributed by atoms with van der Waals surface area (Å²) in [7, 11) is 0. The molecule has 1 aromatic carbocycles. The minimum absolute atomic E-state index is 0.472. The second-order valence-corrected chi connectivity index (χ2v) is 5.69. The van der Waals surface area contributed by atoms with Crippen molar-refractivity contribution < 1.29 is 4.74 Å². The fraction of sp³-hybridized carbons (Fsp3) is 0.632. The van der Waals surface area contributed by atoms with Crippen LogP contribution in [0.1, 0.15) is 40.2 Å². The molecule has 0 aliphatic carbocycles. The van der Waals surface area contributed by atoms with Crippen LogP contribution >= 0.6 is 0 Å². The summed E-state index contributed by atoms with van der Waals surface area (Å²) >= 11 is 0. The fourth-order valence-electron chi connectivity index (χ4n) is 2.66. The SMILES string of the molecule is CCNC(=NCc1ccccc1OCC)NCC(C)N(CC)CC. The van der Waals surface area contributed by atoms with E-state index in [2.05, 4.69) is 49.3 Å². The molecule has 0 bridgehead atoms. The van der Waals surface area contributed by atoms with E-state index in [1.165, 1.54) is 0 Å². The summed E-state index contributed by atoms with van der Waals surface area (Å²) in [4.78, 5) is 7.14. The number of nitrogens with zero attached hydrogens (tertiary/aromatic N) is 2. The molecule has 0 aromatic heterocycles. The molecule has 1 aromatic rings. The van der Waals surface area contributed by atoms with Crippen molar-refractivity contribution in [2.45, 2.75) is 47.2 Å². The number of hydrogen-bond acceptors (Lipinski definition) is 3. The van der Waals surface area contributed by atoms with Crippen LogP contribution in [0.4, 0.5) is 0 Å². The standard InChI is InChI=1S/C19H34N4O/c1-6-20-19(21-14-16(5)23(7-2)8-3)22-15-17-12-10-11-13-18(17)24-9-4/h10-13,16H,6-9,14-15H2,1-5H3,(H2,20,21,22). The van der Waals surface area contributed by atoms with Crippen molar-refractivity contribution in [1.82, 2.24) is 15.5 Å². The van der Waals surface area contributed by atoms with E-state index in [1.54, 1.807) is 0 Å². The molecule has 0 aliphatic rings. The normalized spacial score (nSPS) is 13.0. The molecule has 0 heterocycles. The lowest BCUT2D eigenvalue weighted by atomic mass is 10.2. The van der Waals surface area contributed by atoms with Crippen molar-refractivity contribution in [3.8, 4) is 5.75 Å². The Labute approximate surface area is 147 Å². The van der Waals surface area contributed by atoms with Gasteiger partial charge >= 0.3 is 0 Å². The zero-order valence-corrected chi connectivity index (χ0v) is 15.9. The Morgan fingerprint density at radius 2 is 1.83 bits per heavy atom. The van der Waals surface area contributed by atoms with E-state index < -0.39 is 0 Å². The highest BCUT2D eigenvalue weighted by Crippen LogP contribution is 2.18. The van der Waals surface area contributed by atoms with Crippen LogP contribution < -0.4 is 15.4 Å². The molecule has 1 unspecified atom stereocenters. The van der Waals surface area contributed by atoms with E-state index in [-0.39, 0.29) is 0 Å². The third-order valence-corrected chi connectivity index (χ3v) is 4.02. The molecule has 0 fully saturated rings. The van der Waals surface area contributed by atoms with Crippen LogP contribution in [-0.2, 0) is 6.54 Å². The predicted molar refractivity (Wildman–Crippen MR) is 103 cm³/mol. The zero-order chi connectivity index (χ0) is 17.8. The van der Waals surface area contributed by atoms with Gasteiger partial charge in [-0.05, 0) is 39.9 Å². The molecule has 0 spiro atoms. The van der Waals surface area contributed by atoms with Crippen LogP contribution in [0.25, 0.3) is 0 Å². The van der Waals surface area contributed by atoms with Crippen molar-refractivity contribution in [3.63, 3.8) is 0 Å². The molecule has 0 amide bonds. The molecule has 5 heteroatoms. The van der Waals surface area contributed by atoms with Gasteiger partial charge in [0.2, 0.25) is 0 Å². The summed E-state index contributed by atoms with van der Waals surface area (Å²) in [5, 5.41) is 6.76. The van der Waals surface area contributed by atoms with Gasteiger partial charge in [0.25, 0.3) is 0 Å². The molecule has 0 aliphatic heterocycles. The Morgan fingerprint density at radius 3 is 2.46 bits per heavy atom. The van der Waals surface area contributed by atoms with Crippen molar-refractivity contribution in [3.05, 3.63) is 29.8 Å². The van der Waals surface area contributed by atoms with Gasteiger partial charge in [-0.3, -0.25) is 4.90 Å². The van der Waals surface area contributed by atoms with E-state index in [0.717, 1.165) is 43.5 Å². The lowest BCUT2D eigenvalue weighted by Crippen LogP contribution is -2.45. The Bertz CT molecular complexity index is 486. The first-order valence-corrected chi connectivity index (χ1v) is 9.13. The van der Waals surface area contributed by atoms with E-state index in [1.807, 2.05) is 25.1 Å². The second-order valence-electron chi connectivity index (χ2n) is 5.69. The van der Waals surface area contributed by atoms with Crippen LogP contribution in [0.2, 0.25) is 0 Å². The molecule has 1 rings (SSSR count). The maximum Gasteiger partial charge on any atom is 0.191 e. The van der Waals surface area contributed by atoms with Crippen molar-refractivity contribution in [1.29, 1.82) is 0 Å². The summed E-state index contributed by atoms with van der Waals surface area (Å²) in [6.45, 7) is 15.8. The molecule has 24 heavy (non-hydrogen) atoms. The highest BCUT2D eigenvalue weighted by atomic mass is 16.5. The predicted octanol–water partition coefficient (Wildman–Crippen LogP) is 2.87. The average molecular weight is 335 g/mol. The van der Waals surface area contributed by atoms with Gasteiger partial charge in [-0.25, -0.2) is 4.99 Å². The lowest BCUT2D eigenvalue weighted by molar-refractivity contribution is 0.231. The largest absolute Gasteiger partial charge is 0.494 e. The van der Waals surface area contributed by atoms with Crippen molar-refractivity contribution in [2.75, 3.05) is 32.8 Å². The highest BCUT2D eigenvalue weighted by Gasteiger charge is 2.10. The van der Waals surface area contributed by atoms with Crippen LogP contribution in [0.15, 0.2) is 29.3 Å². The maximum absolute atomic E-state index is 5.67. The molecule has 1 atom stereocenters. The third-order valence-electron chi connectivity index (χ3n) is 4.02. The Hall–Kier alpha value is -1.75. The summed E-state index contributed by atoms with van der Waals surface area (Å²) in [6.07, 6.45) is 0. The zero-order valence-electron chi connectivity index (χ0n) is 15.9. The topological polar surface area (TPSA) is 48.9 Å². The molecule has 136 valence electrons. The molecule has 0 saturated heterocycles. The minimum atomic E-state index is 0.472. The fourth-order valence-corrected chi connectivity index (χ4v) is 2.66. The van der Waals surface area contributed by atoms with Gasteiger partial charge in [0, 0.05) is 24.7 Å². The van der Waals surface area contributed by atoms with E-state index in [9.17, 15) is 0 Å². The van der Waals surface area contributed by atoms with Crippen molar-refractivity contribution >= 4 is 5.96 Å². The highest BCUT2D eigenvalue weighted by molar-refractivity contribution is 5.79. The Kier molecular flexibility index (Phi) is 9.92. The first-order chi connectivity index (χ1) is 11.7. The lowest BCUT2D eigenvalue weighted by Gasteiger charge is -2.27. The molecular weight excluding hydrogens is 300 g/mol. The first kappa shape index (κ1) is 20.3. The van der Waals surface area contributed by atoms with Gasteiger partial charge in [0.15, 0.2) is 5.96 Å². The number of nitrogens with one attached hydrogen (secondary N) is 2. The number of ether oxygens (including phenoxy) is 1. The average Bonchev–Trinajstić information content (AvgIpc) is 2.60. The van der Waals surface area contributed by atoms with Crippen molar-refractivity contribution in [2.24, 2.45) is 4.99 Å². The van der Waals surface area contributed by atoms with Crippen LogP contribution in [0, 0.1) is 0 Å². The number of rotatable bonds is 10. The second kappa shape index (κ2) is 11.7. The quantitative estimate of drug-likeness (QED) is 0.510. The molecule has 0 radical (unpaired) electrons. The van der Waals surface area contributed by atoms with E-state index in [4.69, 9.17) is 9.73 Å². The molecule has 0 saturated carbocycles. The Balaban J connectivity index is 2.69. The number of para-hydroxylation sites is 1. The molecule has 2 N–H and O–H groups in total. The van der Waals surface area contributed by atoms with Crippen LogP contribution in [-0.4, -0.2) is 49.7 Å². The molecule has 5 nitrogen and oxygen atoms in total. The summed E-state index contributed by atoms with van der Waals surface area (Å²) in [5.74, 6) is 1.76. The van der Waals surface area contributed by atoms with Gasteiger partial charge in [0.1, 0.15) is 5.75 Å². The van der Waals surface area contributed by atoms with Gasteiger partial charge in [-0.15, -0.1) is 0 Å². The summed E-state index contributed by atoms with van der Waals surface area (Å²) in [6, 6.07) is 8.55. The van der Waals surface area contributed by atoms with Gasteiger partial charge < -0.3 is 15.4 Å². The number of likely N-dealkylation sites (N-methyl/N-ethyl adjacent to an activating group) is 1. The summed E-state index contributed by atoms with van der Waals surface area (Å²) < 4.78 is 5.67. The van der Waals surface area contributed by atoms with Gasteiger partial charge in [-0.2, -0.15) is 0 Å². The first-order valence-electron chi connectivity index (χ1n) is 9.13. The van der Waals surface area contributed by atoms with Crippen LogP contribution in [0.5, 0.6) is 5.75 Å². The van der Waals surface area contributed by atoms with E-state index >= 15 is 0 Å². The number of aliphatic imine (C=N–C) groups is 1. The van der Waals surface area contributed by atoms with Gasteiger partial charge in [0.05, 0.1) is 13.2 Å². The number of guanidine groups is 1. The Morgan fingerprint density at radius 1 is 1.12 bits per heavy atom. The third kappa shape index (κ3) is 6.79. The monoisotopic (exact) mass is 334 g/mol. The summed E-state index contributed by atoms with van der Waals surface area (Å²) in [5.41, 5.74) is 1.10. The maximum atomic E-state index is 5.67. The number of hydrogen-bond donors (Lipinski definition) is 2. The van der Waals surface area contributed by atoms with Gasteiger partial charge in [-0.1, -0.05) is 32.0 Å². The smallest absolute Gasteiger partial charge is 0.191 e. The number of benzene rings is 1. The minimum Gasteiger partial charge on any atom is -0.494 e.